The van der Waals surface area contributed by atoms with Gasteiger partial charge in [0.05, 0.1) is 12.2 Å². The Morgan fingerprint density at radius 3 is 2.86 bits per heavy atom. The first-order valence-electron chi connectivity index (χ1n) is 8.31. The van der Waals surface area contributed by atoms with Gasteiger partial charge in [-0.3, -0.25) is 9.69 Å². The molecule has 1 aliphatic carbocycles. The van der Waals surface area contributed by atoms with E-state index in [4.69, 9.17) is 10.5 Å². The number of rotatable bonds is 6. The van der Waals surface area contributed by atoms with Crippen molar-refractivity contribution >= 4 is 5.91 Å². The lowest BCUT2D eigenvalue weighted by Crippen LogP contribution is -2.58. The predicted octanol–water partition coefficient (Wildman–Crippen LogP) is 1.12. The molecule has 1 amide bonds. The molecule has 1 heterocycles. The number of nitrogens with two attached hydrogens (primary N) is 1. The normalized spacial score (nSPS) is 33.2. The molecule has 2 rings (SSSR count). The number of hydrogen-bond acceptors (Lipinski definition) is 4. The highest BCUT2D eigenvalue weighted by Gasteiger charge is 2.46. The Hall–Kier alpha value is -0.650. The molecule has 0 aromatic carbocycles. The second kappa shape index (κ2) is 6.63. The number of amides is 1. The van der Waals surface area contributed by atoms with Crippen molar-refractivity contribution in [1.82, 2.24) is 10.2 Å². The molecule has 21 heavy (non-hydrogen) atoms. The minimum atomic E-state index is -0.476. The molecule has 1 saturated heterocycles. The Morgan fingerprint density at radius 2 is 2.24 bits per heavy atom. The summed E-state index contributed by atoms with van der Waals surface area (Å²) in [6, 6.07) is 0. The largest absolute Gasteiger partial charge is 0.373 e. The number of carbonyl (C=O) groups is 1. The van der Waals surface area contributed by atoms with Gasteiger partial charge in [-0.15, -0.1) is 0 Å². The fourth-order valence-corrected chi connectivity index (χ4v) is 4.07. The molecule has 0 aromatic heterocycles. The van der Waals surface area contributed by atoms with E-state index in [0.29, 0.717) is 5.92 Å². The van der Waals surface area contributed by atoms with E-state index in [1.54, 1.807) is 0 Å². The minimum absolute atomic E-state index is 0.0592. The first-order valence-corrected chi connectivity index (χ1v) is 8.31. The van der Waals surface area contributed by atoms with Gasteiger partial charge >= 0.3 is 0 Å². The SMILES string of the molecule is CCNC1(C(N)=O)CCCC1CCN1CCOC(C)(C)C1. The summed E-state index contributed by atoms with van der Waals surface area (Å²) in [5.74, 6) is 0.190. The fraction of sp³-hybridized carbons (Fsp3) is 0.938. The summed E-state index contributed by atoms with van der Waals surface area (Å²) >= 11 is 0. The van der Waals surface area contributed by atoms with Crippen LogP contribution in [0.5, 0.6) is 0 Å². The predicted molar refractivity (Wildman–Crippen MR) is 84.0 cm³/mol. The number of likely N-dealkylation sites (N-methyl/N-ethyl adjacent to an activating group) is 1. The molecule has 0 spiro atoms. The van der Waals surface area contributed by atoms with Crippen molar-refractivity contribution in [3.05, 3.63) is 0 Å². The van der Waals surface area contributed by atoms with Crippen molar-refractivity contribution in [1.29, 1.82) is 0 Å². The van der Waals surface area contributed by atoms with Crippen LogP contribution in [0.25, 0.3) is 0 Å². The quantitative estimate of drug-likeness (QED) is 0.771. The maximum absolute atomic E-state index is 12.0. The van der Waals surface area contributed by atoms with Gasteiger partial charge < -0.3 is 15.8 Å². The van der Waals surface area contributed by atoms with E-state index in [1.807, 2.05) is 6.92 Å². The van der Waals surface area contributed by atoms with Crippen LogP contribution in [0.3, 0.4) is 0 Å². The van der Waals surface area contributed by atoms with Crippen molar-refractivity contribution in [2.75, 3.05) is 32.8 Å². The second-order valence-corrected chi connectivity index (χ2v) is 7.13. The molecule has 3 N–H and O–H groups in total. The van der Waals surface area contributed by atoms with E-state index >= 15 is 0 Å². The molecular weight excluding hydrogens is 266 g/mol. The molecule has 2 fully saturated rings. The van der Waals surface area contributed by atoms with E-state index in [2.05, 4.69) is 24.1 Å². The molecule has 122 valence electrons. The number of nitrogens with zero attached hydrogens (tertiary/aromatic N) is 1. The van der Waals surface area contributed by atoms with Crippen LogP contribution >= 0.6 is 0 Å². The summed E-state index contributed by atoms with van der Waals surface area (Å²) in [7, 11) is 0. The van der Waals surface area contributed by atoms with Gasteiger partial charge in [-0.2, -0.15) is 0 Å². The molecule has 2 aliphatic rings. The van der Waals surface area contributed by atoms with Crippen LogP contribution in [0.15, 0.2) is 0 Å². The minimum Gasteiger partial charge on any atom is -0.373 e. The van der Waals surface area contributed by atoms with Crippen molar-refractivity contribution < 1.29 is 9.53 Å². The molecule has 2 atom stereocenters. The zero-order valence-corrected chi connectivity index (χ0v) is 13.8. The number of morpholine rings is 1. The van der Waals surface area contributed by atoms with Crippen LogP contribution in [0.2, 0.25) is 0 Å². The Balaban J connectivity index is 1.93. The lowest BCUT2D eigenvalue weighted by molar-refractivity contribution is -0.126. The van der Waals surface area contributed by atoms with Gasteiger partial charge in [0, 0.05) is 13.1 Å². The first-order chi connectivity index (χ1) is 9.89. The molecule has 5 nitrogen and oxygen atoms in total. The van der Waals surface area contributed by atoms with E-state index in [9.17, 15) is 4.79 Å². The Morgan fingerprint density at radius 1 is 1.48 bits per heavy atom. The maximum atomic E-state index is 12.0. The van der Waals surface area contributed by atoms with Crippen LogP contribution in [-0.4, -0.2) is 54.7 Å². The average Bonchev–Trinajstić information content (AvgIpc) is 2.80. The standard InChI is InChI=1S/C16H31N3O2/c1-4-18-16(14(17)20)8-5-6-13(16)7-9-19-10-11-21-15(2,3)12-19/h13,18H,4-12H2,1-3H3,(H2,17,20). The lowest BCUT2D eigenvalue weighted by Gasteiger charge is -2.40. The summed E-state index contributed by atoms with van der Waals surface area (Å²) in [5.41, 5.74) is 5.19. The number of hydrogen-bond donors (Lipinski definition) is 2. The van der Waals surface area contributed by atoms with Crippen LogP contribution in [-0.2, 0) is 9.53 Å². The molecular formula is C16H31N3O2. The number of carbonyl (C=O) groups excluding carboxylic acids is 1. The zero-order chi connectivity index (χ0) is 15.5. The van der Waals surface area contributed by atoms with E-state index in [1.165, 1.54) is 0 Å². The highest BCUT2D eigenvalue weighted by Crippen LogP contribution is 2.38. The lowest BCUT2D eigenvalue weighted by atomic mass is 9.83. The van der Waals surface area contributed by atoms with E-state index < -0.39 is 5.54 Å². The van der Waals surface area contributed by atoms with Crippen LogP contribution in [0.1, 0.15) is 46.5 Å². The summed E-state index contributed by atoms with van der Waals surface area (Å²) in [6.45, 7) is 10.9. The zero-order valence-electron chi connectivity index (χ0n) is 13.8. The first kappa shape index (κ1) is 16.7. The molecule has 0 bridgehead atoms. The third kappa shape index (κ3) is 3.76. The Kier molecular flexibility index (Phi) is 5.28. The van der Waals surface area contributed by atoms with Crippen molar-refractivity contribution in [3.63, 3.8) is 0 Å². The topological polar surface area (TPSA) is 67.6 Å². The van der Waals surface area contributed by atoms with Crippen molar-refractivity contribution in [2.24, 2.45) is 11.7 Å². The summed E-state index contributed by atoms with van der Waals surface area (Å²) in [6.07, 6.45) is 4.11. The van der Waals surface area contributed by atoms with E-state index in [0.717, 1.165) is 58.5 Å². The smallest absolute Gasteiger partial charge is 0.238 e. The summed E-state index contributed by atoms with van der Waals surface area (Å²) < 4.78 is 5.76. The molecule has 0 aromatic rings. The highest BCUT2D eigenvalue weighted by molar-refractivity contribution is 5.85. The molecule has 0 radical (unpaired) electrons. The van der Waals surface area contributed by atoms with Gasteiger partial charge in [-0.1, -0.05) is 13.3 Å². The van der Waals surface area contributed by atoms with Crippen molar-refractivity contribution in [3.8, 4) is 0 Å². The number of primary amides is 1. The maximum Gasteiger partial charge on any atom is 0.238 e. The Labute approximate surface area is 128 Å². The molecule has 2 unspecified atom stereocenters. The van der Waals surface area contributed by atoms with Crippen molar-refractivity contribution in [2.45, 2.75) is 57.6 Å². The van der Waals surface area contributed by atoms with Crippen LogP contribution < -0.4 is 11.1 Å². The summed E-state index contributed by atoms with van der Waals surface area (Å²) in [4.78, 5) is 14.5. The van der Waals surface area contributed by atoms with Crippen LogP contribution in [0.4, 0.5) is 0 Å². The van der Waals surface area contributed by atoms with Gasteiger partial charge in [0.2, 0.25) is 5.91 Å². The summed E-state index contributed by atoms with van der Waals surface area (Å²) in [5, 5.41) is 3.39. The van der Waals surface area contributed by atoms with Gasteiger partial charge in [0.15, 0.2) is 0 Å². The fourth-order valence-electron chi connectivity index (χ4n) is 4.07. The van der Waals surface area contributed by atoms with Gasteiger partial charge in [-0.05, 0) is 52.1 Å². The third-order valence-corrected chi connectivity index (χ3v) is 5.05. The average molecular weight is 297 g/mol. The third-order valence-electron chi connectivity index (χ3n) is 5.05. The molecule has 1 aliphatic heterocycles. The highest BCUT2D eigenvalue weighted by atomic mass is 16.5. The molecule has 1 saturated carbocycles. The number of ether oxygens (including phenoxy) is 1. The monoisotopic (exact) mass is 297 g/mol. The van der Waals surface area contributed by atoms with Crippen LogP contribution in [0, 0.1) is 5.92 Å². The van der Waals surface area contributed by atoms with Gasteiger partial charge in [0.1, 0.15) is 5.54 Å². The molecule has 5 heteroatoms. The van der Waals surface area contributed by atoms with Gasteiger partial charge in [0.25, 0.3) is 0 Å². The van der Waals surface area contributed by atoms with Gasteiger partial charge in [-0.25, -0.2) is 0 Å². The Bertz CT molecular complexity index is 373. The second-order valence-electron chi connectivity index (χ2n) is 7.13. The number of nitrogens with one attached hydrogen (secondary N) is 1. The van der Waals surface area contributed by atoms with E-state index in [-0.39, 0.29) is 11.5 Å².